The maximum absolute atomic E-state index is 14.4. The number of amides is 4. The van der Waals surface area contributed by atoms with Gasteiger partial charge in [-0.25, -0.2) is 0 Å². The number of rotatable bonds is 11. The Morgan fingerprint density at radius 3 is 2.47 bits per heavy atom. The van der Waals surface area contributed by atoms with Crippen molar-refractivity contribution >= 4 is 29.7 Å². The largest absolute Gasteiger partial charge is 0.496 e. The van der Waals surface area contributed by atoms with Crippen molar-refractivity contribution in [3.8, 4) is 11.5 Å². The number of hydrogen-bond donors (Lipinski definition) is 4. The maximum atomic E-state index is 14.4. The molecule has 4 rings (SSSR count). The Balaban J connectivity index is 1.65. The van der Waals surface area contributed by atoms with Gasteiger partial charge in [-0.15, -0.1) is 0 Å². The highest BCUT2D eigenvalue weighted by Crippen LogP contribution is 2.30. The SMILES string of the molecule is CCC(C)C1NC(=O)C2C(CCN2C(=O)C(CC(C)C)NC(=O)C(Cc2ccccc2)NC)Oc2ccc(OC)c(c2)C=CNC1=O. The lowest BCUT2D eigenvalue weighted by Gasteiger charge is -2.33. The second kappa shape index (κ2) is 16.4. The molecule has 2 heterocycles. The van der Waals surface area contributed by atoms with Crippen LogP contribution < -0.4 is 30.7 Å². The molecule has 4 amide bonds. The van der Waals surface area contributed by atoms with Crippen molar-refractivity contribution in [1.82, 2.24) is 26.2 Å². The third kappa shape index (κ3) is 8.91. The molecular weight excluding hydrogens is 598 g/mol. The molecule has 1 fully saturated rings. The molecule has 47 heavy (non-hydrogen) atoms. The van der Waals surface area contributed by atoms with Crippen LogP contribution in [0.4, 0.5) is 0 Å². The van der Waals surface area contributed by atoms with Gasteiger partial charge in [-0.05, 0) is 61.6 Å². The second-order valence-electron chi connectivity index (χ2n) is 12.8. The number of methoxy groups -OCH3 is 1. The van der Waals surface area contributed by atoms with Crippen LogP contribution in [-0.4, -0.2) is 79.5 Å². The molecule has 254 valence electrons. The predicted octanol–water partition coefficient (Wildman–Crippen LogP) is 3.04. The van der Waals surface area contributed by atoms with Crippen LogP contribution in [-0.2, 0) is 25.6 Å². The molecule has 2 aromatic carbocycles. The van der Waals surface area contributed by atoms with Gasteiger partial charge in [0.2, 0.25) is 23.6 Å². The third-order valence-corrected chi connectivity index (χ3v) is 8.93. The summed E-state index contributed by atoms with van der Waals surface area (Å²) in [6.07, 6.45) is 4.41. The Kier molecular flexibility index (Phi) is 12.4. The van der Waals surface area contributed by atoms with Crippen molar-refractivity contribution in [3.05, 3.63) is 65.9 Å². The first kappa shape index (κ1) is 35.5. The summed E-state index contributed by atoms with van der Waals surface area (Å²) in [7, 11) is 3.28. The van der Waals surface area contributed by atoms with E-state index in [0.717, 1.165) is 5.56 Å². The van der Waals surface area contributed by atoms with E-state index >= 15 is 0 Å². The van der Waals surface area contributed by atoms with Crippen molar-refractivity contribution in [1.29, 1.82) is 0 Å². The summed E-state index contributed by atoms with van der Waals surface area (Å²) in [4.78, 5) is 56.9. The lowest BCUT2D eigenvalue weighted by molar-refractivity contribution is -0.144. The van der Waals surface area contributed by atoms with Gasteiger partial charge in [0, 0.05) is 24.7 Å². The Labute approximate surface area is 277 Å². The lowest BCUT2D eigenvalue weighted by Crippen LogP contribution is -2.60. The number of fused-ring (bicyclic) bond motifs is 3. The summed E-state index contributed by atoms with van der Waals surface area (Å²) in [5, 5.41) is 11.8. The predicted molar refractivity (Wildman–Crippen MR) is 180 cm³/mol. The van der Waals surface area contributed by atoms with Crippen molar-refractivity contribution in [2.45, 2.75) is 83.6 Å². The Hall–Kier alpha value is -4.38. The second-order valence-corrected chi connectivity index (χ2v) is 12.8. The van der Waals surface area contributed by atoms with Crippen LogP contribution in [0.25, 0.3) is 6.08 Å². The molecule has 0 saturated carbocycles. The summed E-state index contributed by atoms with van der Waals surface area (Å²) >= 11 is 0. The number of carbonyl (C=O) groups is 4. The quantitative estimate of drug-likeness (QED) is 0.294. The third-order valence-electron chi connectivity index (χ3n) is 8.93. The first-order valence-corrected chi connectivity index (χ1v) is 16.5. The van der Waals surface area contributed by atoms with Crippen LogP contribution in [0, 0.1) is 11.8 Å². The zero-order chi connectivity index (χ0) is 34.1. The minimum Gasteiger partial charge on any atom is -0.496 e. The Morgan fingerprint density at radius 2 is 1.81 bits per heavy atom. The minimum absolute atomic E-state index is 0.0821. The van der Waals surface area contributed by atoms with Gasteiger partial charge in [0.1, 0.15) is 35.7 Å². The summed E-state index contributed by atoms with van der Waals surface area (Å²) in [5.41, 5.74) is 1.67. The van der Waals surface area contributed by atoms with Gasteiger partial charge >= 0.3 is 0 Å². The van der Waals surface area contributed by atoms with E-state index in [9.17, 15) is 19.2 Å². The fourth-order valence-electron chi connectivity index (χ4n) is 6.12. The first-order valence-electron chi connectivity index (χ1n) is 16.5. The van der Waals surface area contributed by atoms with E-state index in [2.05, 4.69) is 21.3 Å². The van der Waals surface area contributed by atoms with Gasteiger partial charge in [-0.1, -0.05) is 64.4 Å². The highest BCUT2D eigenvalue weighted by molar-refractivity contribution is 5.96. The molecule has 0 radical (unpaired) electrons. The number of likely N-dealkylation sites (tertiary alicyclic amines) is 1. The molecule has 11 nitrogen and oxygen atoms in total. The fraction of sp³-hybridized carbons (Fsp3) is 0.500. The molecule has 2 aliphatic rings. The van der Waals surface area contributed by atoms with Crippen LogP contribution >= 0.6 is 0 Å². The molecular formula is C36H49N5O6. The van der Waals surface area contributed by atoms with Gasteiger partial charge in [-0.2, -0.15) is 0 Å². The van der Waals surface area contributed by atoms with E-state index in [4.69, 9.17) is 9.47 Å². The number of nitrogens with zero attached hydrogens (tertiary/aromatic N) is 1. The van der Waals surface area contributed by atoms with Crippen LogP contribution in [0.5, 0.6) is 11.5 Å². The summed E-state index contributed by atoms with van der Waals surface area (Å²) in [5.74, 6) is -0.529. The molecule has 6 atom stereocenters. The van der Waals surface area contributed by atoms with Gasteiger partial charge in [0.25, 0.3) is 0 Å². The van der Waals surface area contributed by atoms with Crippen molar-refractivity contribution < 1.29 is 28.7 Å². The number of nitrogens with one attached hydrogen (secondary N) is 4. The Morgan fingerprint density at radius 1 is 1.06 bits per heavy atom. The van der Waals surface area contributed by atoms with Crippen LogP contribution in [0.15, 0.2) is 54.7 Å². The minimum atomic E-state index is -1.03. The number of likely N-dealkylation sites (N-methyl/N-ethyl adjacent to an activating group) is 1. The molecule has 6 unspecified atom stereocenters. The molecule has 0 aliphatic carbocycles. The Bertz CT molecular complexity index is 1430. The highest BCUT2D eigenvalue weighted by Gasteiger charge is 2.46. The monoisotopic (exact) mass is 647 g/mol. The van der Waals surface area contributed by atoms with Gasteiger partial charge in [0.15, 0.2) is 0 Å². The molecule has 2 aromatic rings. The zero-order valence-electron chi connectivity index (χ0n) is 28.2. The van der Waals surface area contributed by atoms with Gasteiger partial charge in [-0.3, -0.25) is 19.2 Å². The van der Waals surface area contributed by atoms with Crippen LogP contribution in [0.2, 0.25) is 0 Å². The molecule has 0 aromatic heterocycles. The smallest absolute Gasteiger partial charge is 0.247 e. The fourth-order valence-corrected chi connectivity index (χ4v) is 6.12. The molecule has 11 heteroatoms. The number of hydrogen-bond acceptors (Lipinski definition) is 7. The summed E-state index contributed by atoms with van der Waals surface area (Å²) in [6.45, 7) is 8.06. The summed E-state index contributed by atoms with van der Waals surface area (Å²) < 4.78 is 11.9. The van der Waals surface area contributed by atoms with Crippen molar-refractivity contribution in [2.24, 2.45) is 11.8 Å². The number of carbonyl (C=O) groups excluding carboxylic acids is 4. The average Bonchev–Trinajstić information content (AvgIpc) is 3.48. The standard InChI is InChI=1S/C36H49N5O6/c1-7-23(4)31-34(43)38-17-15-25-21-26(13-14-29(25)46-6)47-30-16-18-41(32(30)35(44)40-31)36(45)28(19-22(2)3)39-33(42)27(37-5)20-24-11-9-8-10-12-24/h8-15,17,21-23,27-28,30-32,37H,7,16,18-20H2,1-6H3,(H,38,43)(H,39,42)(H,40,44). The molecule has 2 aliphatic heterocycles. The van der Waals surface area contributed by atoms with E-state index in [0.29, 0.717) is 42.7 Å². The van der Waals surface area contributed by atoms with Crippen LogP contribution in [0.1, 0.15) is 58.1 Å². The van der Waals surface area contributed by atoms with E-state index in [1.807, 2.05) is 58.0 Å². The highest BCUT2D eigenvalue weighted by atomic mass is 16.5. The van der Waals surface area contributed by atoms with Crippen molar-refractivity contribution in [2.75, 3.05) is 20.7 Å². The normalized spacial score (nSPS) is 21.5. The average molecular weight is 648 g/mol. The molecule has 0 spiro atoms. The van der Waals surface area contributed by atoms with Gasteiger partial charge < -0.3 is 35.6 Å². The van der Waals surface area contributed by atoms with Gasteiger partial charge in [0.05, 0.1) is 13.2 Å². The lowest BCUT2D eigenvalue weighted by atomic mass is 9.97. The molecule has 4 N–H and O–H groups in total. The van der Waals surface area contributed by atoms with E-state index in [1.54, 1.807) is 38.4 Å². The van der Waals surface area contributed by atoms with E-state index in [-0.39, 0.29) is 36.1 Å². The van der Waals surface area contributed by atoms with Crippen LogP contribution in [0.3, 0.4) is 0 Å². The van der Waals surface area contributed by atoms with Crippen molar-refractivity contribution in [3.63, 3.8) is 0 Å². The topological polar surface area (TPSA) is 138 Å². The number of ether oxygens (including phenoxy) is 2. The molecule has 1 saturated heterocycles. The molecule has 2 bridgehead atoms. The van der Waals surface area contributed by atoms with E-state index in [1.165, 1.54) is 11.1 Å². The summed E-state index contributed by atoms with van der Waals surface area (Å²) in [6, 6.07) is 11.7. The first-order chi connectivity index (χ1) is 22.6. The maximum Gasteiger partial charge on any atom is 0.247 e. The van der Waals surface area contributed by atoms with E-state index < -0.39 is 36.2 Å². The zero-order valence-corrected chi connectivity index (χ0v) is 28.2. The number of benzene rings is 2.